The van der Waals surface area contributed by atoms with Gasteiger partial charge in [-0.3, -0.25) is 4.68 Å². The van der Waals surface area contributed by atoms with Crippen LogP contribution < -0.4 is 0 Å². The fourth-order valence-corrected chi connectivity index (χ4v) is 3.16. The van der Waals surface area contributed by atoms with Crippen LogP contribution in [0.5, 0.6) is 0 Å². The van der Waals surface area contributed by atoms with Gasteiger partial charge in [0.2, 0.25) is 0 Å². The first-order valence-corrected chi connectivity index (χ1v) is 8.89. The second-order valence-corrected chi connectivity index (χ2v) is 7.78. The van der Waals surface area contributed by atoms with Crippen molar-refractivity contribution in [3.8, 4) is 0 Å². The van der Waals surface area contributed by atoms with Crippen LogP contribution in [0.1, 0.15) is 64.3 Å². The third-order valence-electron chi connectivity index (χ3n) is 4.40. The Bertz CT molecular complexity index is 542. The lowest BCUT2D eigenvalue weighted by molar-refractivity contribution is 0.0283. The Morgan fingerprint density at radius 1 is 1.42 bits per heavy atom. The summed E-state index contributed by atoms with van der Waals surface area (Å²) >= 11 is 0. The molecule has 0 spiro atoms. The molecule has 1 N–H and O–H groups in total. The minimum atomic E-state index is -0.512. The maximum absolute atomic E-state index is 12.0. The molecule has 0 bridgehead atoms. The molecule has 1 fully saturated rings. The highest BCUT2D eigenvalue weighted by atomic mass is 16.6. The van der Waals surface area contributed by atoms with Crippen LogP contribution in [0, 0.1) is 5.92 Å². The molecule has 0 unspecified atom stereocenters. The molecule has 24 heavy (non-hydrogen) atoms. The van der Waals surface area contributed by atoms with Crippen LogP contribution >= 0.6 is 0 Å². The Labute approximate surface area is 144 Å². The van der Waals surface area contributed by atoms with E-state index >= 15 is 0 Å². The standard InChI is InChI=1S/C18H31N3O3/c1-18(2,3)24-17(23)20(4)12-15-11-16(13-22)21(19-15)10-9-14-7-5-6-8-14/h11,14,22H,5-10,12-13H2,1-4H3. The van der Waals surface area contributed by atoms with Crippen LogP contribution in [0.15, 0.2) is 6.07 Å². The molecule has 136 valence electrons. The maximum Gasteiger partial charge on any atom is 0.410 e. The smallest absolute Gasteiger partial charge is 0.410 e. The van der Waals surface area contributed by atoms with Crippen molar-refractivity contribution in [1.29, 1.82) is 0 Å². The third-order valence-corrected chi connectivity index (χ3v) is 4.40. The number of aryl methyl sites for hydroxylation is 1. The van der Waals surface area contributed by atoms with Gasteiger partial charge in [-0.1, -0.05) is 25.7 Å². The fourth-order valence-electron chi connectivity index (χ4n) is 3.16. The minimum absolute atomic E-state index is 0.0339. The Hall–Kier alpha value is -1.56. The zero-order chi connectivity index (χ0) is 17.7. The van der Waals surface area contributed by atoms with Gasteiger partial charge in [0, 0.05) is 13.6 Å². The normalized spacial score (nSPS) is 15.7. The number of hydrogen-bond donors (Lipinski definition) is 1. The van der Waals surface area contributed by atoms with Gasteiger partial charge in [0.05, 0.1) is 24.5 Å². The summed E-state index contributed by atoms with van der Waals surface area (Å²) in [5.41, 5.74) is 1.07. The van der Waals surface area contributed by atoms with E-state index in [4.69, 9.17) is 4.74 Å². The number of ether oxygens (including phenoxy) is 1. The zero-order valence-corrected chi connectivity index (χ0v) is 15.4. The predicted molar refractivity (Wildman–Crippen MR) is 92.4 cm³/mol. The van der Waals surface area contributed by atoms with Gasteiger partial charge in [-0.15, -0.1) is 0 Å². The molecule has 6 nitrogen and oxygen atoms in total. The number of aromatic nitrogens is 2. The van der Waals surface area contributed by atoms with E-state index in [1.54, 1.807) is 7.05 Å². The molecule has 2 rings (SSSR count). The molecule has 0 aliphatic heterocycles. The molecule has 1 amide bonds. The van der Waals surface area contributed by atoms with Crippen molar-refractivity contribution in [3.63, 3.8) is 0 Å². The molecular weight excluding hydrogens is 306 g/mol. The molecule has 1 heterocycles. The van der Waals surface area contributed by atoms with Crippen molar-refractivity contribution in [1.82, 2.24) is 14.7 Å². The summed E-state index contributed by atoms with van der Waals surface area (Å²) in [5.74, 6) is 0.786. The number of carbonyl (C=O) groups is 1. The molecule has 1 aliphatic carbocycles. The van der Waals surface area contributed by atoms with Crippen molar-refractivity contribution in [2.75, 3.05) is 7.05 Å². The van der Waals surface area contributed by atoms with Crippen LogP contribution in [-0.4, -0.2) is 38.5 Å². The zero-order valence-electron chi connectivity index (χ0n) is 15.4. The molecular formula is C18H31N3O3. The number of carbonyl (C=O) groups excluding carboxylic acids is 1. The molecule has 1 aliphatic rings. The van der Waals surface area contributed by atoms with Gasteiger partial charge >= 0.3 is 6.09 Å². The van der Waals surface area contributed by atoms with Gasteiger partial charge in [0.1, 0.15) is 5.60 Å². The van der Waals surface area contributed by atoms with E-state index in [2.05, 4.69) is 5.10 Å². The van der Waals surface area contributed by atoms with Gasteiger partial charge in [-0.05, 0) is 39.2 Å². The first kappa shape index (κ1) is 18.8. The van der Waals surface area contributed by atoms with E-state index in [0.29, 0.717) is 6.54 Å². The van der Waals surface area contributed by atoms with E-state index in [0.717, 1.165) is 30.3 Å². The molecule has 0 atom stereocenters. The highest BCUT2D eigenvalue weighted by Crippen LogP contribution is 2.28. The first-order chi connectivity index (χ1) is 11.3. The number of aliphatic hydroxyl groups is 1. The van der Waals surface area contributed by atoms with E-state index in [-0.39, 0.29) is 12.7 Å². The highest BCUT2D eigenvalue weighted by Gasteiger charge is 2.21. The molecule has 0 aromatic carbocycles. The minimum Gasteiger partial charge on any atom is -0.444 e. The van der Waals surface area contributed by atoms with Gasteiger partial charge in [-0.25, -0.2) is 4.79 Å². The van der Waals surface area contributed by atoms with Crippen molar-refractivity contribution < 1.29 is 14.6 Å². The van der Waals surface area contributed by atoms with E-state index < -0.39 is 5.60 Å². The number of hydrogen-bond acceptors (Lipinski definition) is 4. The summed E-state index contributed by atoms with van der Waals surface area (Å²) in [6.45, 7) is 6.71. The van der Waals surface area contributed by atoms with E-state index in [1.165, 1.54) is 30.6 Å². The fraction of sp³-hybridized carbons (Fsp3) is 0.778. The number of rotatable bonds is 6. The highest BCUT2D eigenvalue weighted by molar-refractivity contribution is 5.67. The molecule has 1 saturated carbocycles. The summed E-state index contributed by atoms with van der Waals surface area (Å²) in [4.78, 5) is 13.6. The first-order valence-electron chi connectivity index (χ1n) is 8.89. The molecule has 0 radical (unpaired) electrons. The lowest BCUT2D eigenvalue weighted by atomic mass is 10.0. The summed E-state index contributed by atoms with van der Waals surface area (Å²) in [6, 6.07) is 1.87. The van der Waals surface area contributed by atoms with Gasteiger partial charge in [0.15, 0.2) is 0 Å². The van der Waals surface area contributed by atoms with E-state index in [1.807, 2.05) is 31.5 Å². The lowest BCUT2D eigenvalue weighted by Crippen LogP contribution is -2.33. The summed E-state index contributed by atoms with van der Waals surface area (Å²) in [5, 5.41) is 14.1. The summed E-state index contributed by atoms with van der Waals surface area (Å²) < 4.78 is 7.24. The quantitative estimate of drug-likeness (QED) is 0.864. The third kappa shape index (κ3) is 5.51. The SMILES string of the molecule is CN(Cc1cc(CO)n(CCC2CCCC2)n1)C(=O)OC(C)(C)C. The van der Waals surface area contributed by atoms with Crippen molar-refractivity contribution in [2.45, 2.75) is 78.2 Å². The topological polar surface area (TPSA) is 67.6 Å². The Balaban J connectivity index is 1.94. The van der Waals surface area contributed by atoms with Crippen LogP contribution in [0.3, 0.4) is 0 Å². The number of amides is 1. The lowest BCUT2D eigenvalue weighted by Gasteiger charge is -2.24. The van der Waals surface area contributed by atoms with Crippen molar-refractivity contribution >= 4 is 6.09 Å². The Morgan fingerprint density at radius 2 is 2.08 bits per heavy atom. The molecule has 1 aromatic heterocycles. The van der Waals surface area contributed by atoms with E-state index in [9.17, 15) is 9.90 Å². The van der Waals surface area contributed by atoms with Gasteiger partial charge in [-0.2, -0.15) is 5.10 Å². The summed E-state index contributed by atoms with van der Waals surface area (Å²) in [6.07, 6.45) is 6.03. The van der Waals surface area contributed by atoms with Crippen molar-refractivity contribution in [3.05, 3.63) is 17.5 Å². The monoisotopic (exact) mass is 337 g/mol. The average molecular weight is 337 g/mol. The summed E-state index contributed by atoms with van der Waals surface area (Å²) in [7, 11) is 1.70. The largest absolute Gasteiger partial charge is 0.444 e. The molecule has 6 heteroatoms. The Kier molecular flexibility index (Phi) is 6.27. The van der Waals surface area contributed by atoms with Crippen LogP contribution in [-0.2, 0) is 24.4 Å². The second-order valence-electron chi connectivity index (χ2n) is 7.78. The maximum atomic E-state index is 12.0. The van der Waals surface area contributed by atoms with Crippen molar-refractivity contribution in [2.24, 2.45) is 5.92 Å². The number of nitrogens with zero attached hydrogens (tertiary/aromatic N) is 3. The predicted octanol–water partition coefficient (Wildman–Crippen LogP) is 3.32. The van der Waals surface area contributed by atoms with Crippen LogP contribution in [0.2, 0.25) is 0 Å². The Morgan fingerprint density at radius 3 is 2.67 bits per heavy atom. The van der Waals surface area contributed by atoms with Crippen LogP contribution in [0.25, 0.3) is 0 Å². The second kappa shape index (κ2) is 8.01. The van der Waals surface area contributed by atoms with Gasteiger partial charge in [0.25, 0.3) is 0 Å². The van der Waals surface area contributed by atoms with Gasteiger partial charge < -0.3 is 14.7 Å². The molecule has 1 aromatic rings. The molecule has 0 saturated heterocycles. The average Bonchev–Trinajstić information content (AvgIpc) is 3.12. The number of aliphatic hydroxyl groups excluding tert-OH is 1. The van der Waals surface area contributed by atoms with Crippen LogP contribution in [0.4, 0.5) is 4.79 Å².